The standard InChI is InChI=1S/C62H111O11P/c1-4-7-10-13-16-19-22-25-28-29-32-33-36-39-42-45-48-51-60(64)69-55-59(73-62(66)53-50-47-44-41-38-35-31-27-24-21-18-15-12-9-6-3)57-71-74(67,68)70-56-58(54-63)72-61(65)52-49-46-43-40-37-34-30-26-23-20-17-14-11-8-5-2/h9,12,18,21,25,27-28,31,38,41,58-59,63H,4-8,10-11,13-17,19-20,22-24,26,29-30,32-37,39-40,42-57H2,1-3H3,(H,67,68)/b12-9-,21-18-,28-25-,31-27-,41-38-. The van der Waals surface area contributed by atoms with Crippen LogP contribution >= 0.6 is 7.82 Å². The van der Waals surface area contributed by atoms with Gasteiger partial charge in [-0.1, -0.05) is 236 Å². The van der Waals surface area contributed by atoms with Crippen molar-refractivity contribution in [3.05, 3.63) is 60.8 Å². The minimum atomic E-state index is -4.76. The molecule has 0 aliphatic carbocycles. The molecule has 0 saturated heterocycles. The summed E-state index contributed by atoms with van der Waals surface area (Å²) in [6, 6.07) is 0. The van der Waals surface area contributed by atoms with Crippen LogP contribution in [0.2, 0.25) is 0 Å². The van der Waals surface area contributed by atoms with Crippen LogP contribution in [0.3, 0.4) is 0 Å². The Morgan fingerprint density at radius 1 is 0.392 bits per heavy atom. The first kappa shape index (κ1) is 71.2. The normalized spacial score (nSPS) is 13.7. The van der Waals surface area contributed by atoms with E-state index in [0.29, 0.717) is 19.3 Å². The SMILES string of the molecule is CC/C=C\C/C=C\C/C=C\C/C=C\CCCCC(=O)OC(COC(=O)CCCCCCCCC/C=C\CCCCCCCC)COP(=O)(O)OCC(CO)OC(=O)CCCCCCCCCCCCCCCCC. The van der Waals surface area contributed by atoms with E-state index in [2.05, 4.69) is 81.5 Å². The number of ether oxygens (including phenoxy) is 3. The number of unbranched alkanes of at least 4 members (excludes halogenated alkanes) is 29. The lowest BCUT2D eigenvalue weighted by Gasteiger charge is -2.21. The molecule has 0 aliphatic rings. The van der Waals surface area contributed by atoms with Crippen molar-refractivity contribution in [3.63, 3.8) is 0 Å². The van der Waals surface area contributed by atoms with Crippen LogP contribution in [0, 0.1) is 0 Å². The first-order valence-corrected chi connectivity index (χ1v) is 31.7. The Kier molecular flexibility index (Phi) is 54.2. The number of esters is 3. The fraction of sp³-hybridized carbons (Fsp3) is 0.790. The van der Waals surface area contributed by atoms with Crippen molar-refractivity contribution in [2.75, 3.05) is 26.4 Å². The lowest BCUT2D eigenvalue weighted by molar-refractivity contribution is -0.161. The van der Waals surface area contributed by atoms with E-state index in [4.69, 9.17) is 23.3 Å². The maximum atomic E-state index is 12.9. The van der Waals surface area contributed by atoms with Crippen LogP contribution in [0.5, 0.6) is 0 Å². The summed E-state index contributed by atoms with van der Waals surface area (Å²) in [5, 5.41) is 9.83. The second-order valence-corrected chi connectivity index (χ2v) is 21.6. The molecular weight excluding hydrogens is 952 g/mol. The van der Waals surface area contributed by atoms with E-state index in [1.54, 1.807) is 0 Å². The predicted octanol–water partition coefficient (Wildman–Crippen LogP) is 17.9. The summed E-state index contributed by atoms with van der Waals surface area (Å²) in [4.78, 5) is 48.6. The van der Waals surface area contributed by atoms with Crippen molar-refractivity contribution < 1.29 is 52.2 Å². The van der Waals surface area contributed by atoms with E-state index in [1.165, 1.54) is 135 Å². The van der Waals surface area contributed by atoms with E-state index in [0.717, 1.165) is 83.5 Å². The Morgan fingerprint density at radius 2 is 0.703 bits per heavy atom. The van der Waals surface area contributed by atoms with Crippen LogP contribution in [0.25, 0.3) is 0 Å². The number of carbonyl (C=O) groups is 3. The lowest BCUT2D eigenvalue weighted by Crippen LogP contribution is -2.30. The highest BCUT2D eigenvalue weighted by atomic mass is 31.2. The second kappa shape index (κ2) is 56.4. The summed E-state index contributed by atoms with van der Waals surface area (Å²) in [6.45, 7) is 4.51. The Balaban J connectivity index is 4.74. The van der Waals surface area contributed by atoms with Crippen molar-refractivity contribution in [1.29, 1.82) is 0 Å². The highest BCUT2D eigenvalue weighted by Crippen LogP contribution is 2.43. The van der Waals surface area contributed by atoms with E-state index in [1.807, 2.05) is 0 Å². The number of phosphoric ester groups is 1. The number of hydrogen-bond donors (Lipinski definition) is 2. The van der Waals surface area contributed by atoms with Gasteiger partial charge in [0.05, 0.1) is 19.8 Å². The molecule has 0 radical (unpaired) electrons. The van der Waals surface area contributed by atoms with Crippen molar-refractivity contribution >= 4 is 25.7 Å². The quantitative estimate of drug-likeness (QED) is 0.0197. The number of aliphatic hydroxyl groups excluding tert-OH is 1. The molecule has 0 aromatic heterocycles. The molecule has 0 aromatic carbocycles. The van der Waals surface area contributed by atoms with Crippen molar-refractivity contribution in [3.8, 4) is 0 Å². The number of allylic oxidation sites excluding steroid dienone is 10. The molecule has 11 nitrogen and oxygen atoms in total. The number of hydrogen-bond acceptors (Lipinski definition) is 10. The summed E-state index contributed by atoms with van der Waals surface area (Å²) in [7, 11) is -4.76. The molecule has 74 heavy (non-hydrogen) atoms. The average Bonchev–Trinajstić information content (AvgIpc) is 3.39. The van der Waals surface area contributed by atoms with Crippen LogP contribution < -0.4 is 0 Å². The smallest absolute Gasteiger partial charge is 0.462 e. The number of carbonyl (C=O) groups excluding carboxylic acids is 3. The molecule has 0 aromatic rings. The first-order valence-electron chi connectivity index (χ1n) is 30.2. The molecule has 0 saturated carbocycles. The molecule has 0 amide bonds. The minimum absolute atomic E-state index is 0.115. The molecule has 0 heterocycles. The Bertz CT molecular complexity index is 1470. The third-order valence-corrected chi connectivity index (χ3v) is 13.9. The molecule has 0 rings (SSSR count). The van der Waals surface area contributed by atoms with Crippen molar-refractivity contribution in [1.82, 2.24) is 0 Å². The van der Waals surface area contributed by atoms with Crippen LogP contribution in [0.1, 0.15) is 278 Å². The van der Waals surface area contributed by atoms with Gasteiger partial charge in [-0.2, -0.15) is 0 Å². The third kappa shape index (κ3) is 54.0. The Labute approximate surface area is 453 Å². The van der Waals surface area contributed by atoms with Gasteiger partial charge in [0.2, 0.25) is 0 Å². The van der Waals surface area contributed by atoms with Crippen LogP contribution in [-0.2, 0) is 42.2 Å². The summed E-state index contributed by atoms with van der Waals surface area (Å²) in [5.74, 6) is -1.51. The van der Waals surface area contributed by atoms with Crippen LogP contribution in [0.4, 0.5) is 0 Å². The van der Waals surface area contributed by atoms with Crippen molar-refractivity contribution in [2.45, 2.75) is 290 Å². The van der Waals surface area contributed by atoms with Gasteiger partial charge < -0.3 is 24.2 Å². The second-order valence-electron chi connectivity index (χ2n) is 20.1. The fourth-order valence-electron chi connectivity index (χ4n) is 8.34. The highest BCUT2D eigenvalue weighted by molar-refractivity contribution is 7.47. The van der Waals surface area contributed by atoms with E-state index >= 15 is 0 Å². The van der Waals surface area contributed by atoms with Gasteiger partial charge in [0.15, 0.2) is 6.10 Å². The molecule has 12 heteroatoms. The minimum Gasteiger partial charge on any atom is -0.462 e. The largest absolute Gasteiger partial charge is 0.472 e. The average molecular weight is 1060 g/mol. The molecule has 0 fully saturated rings. The molecule has 3 unspecified atom stereocenters. The third-order valence-electron chi connectivity index (χ3n) is 12.9. The van der Waals surface area contributed by atoms with Gasteiger partial charge >= 0.3 is 25.7 Å². The summed E-state index contributed by atoms with van der Waals surface area (Å²) < 4.78 is 39.5. The zero-order valence-electron chi connectivity index (χ0n) is 47.6. The topological polar surface area (TPSA) is 155 Å². The van der Waals surface area contributed by atoms with Gasteiger partial charge in [0.25, 0.3) is 0 Å². The maximum absolute atomic E-state index is 12.9. The molecule has 0 spiro atoms. The summed E-state index contributed by atoms with van der Waals surface area (Å²) >= 11 is 0. The monoisotopic (exact) mass is 1060 g/mol. The summed E-state index contributed by atoms with van der Waals surface area (Å²) in [5.41, 5.74) is 0. The summed E-state index contributed by atoms with van der Waals surface area (Å²) in [6.07, 6.45) is 61.8. The zero-order valence-corrected chi connectivity index (χ0v) is 48.5. The van der Waals surface area contributed by atoms with Gasteiger partial charge in [-0.05, 0) is 83.5 Å². The van der Waals surface area contributed by atoms with Crippen LogP contribution in [0.15, 0.2) is 60.8 Å². The molecule has 0 bridgehead atoms. The predicted molar refractivity (Wildman–Crippen MR) is 307 cm³/mol. The molecular formula is C62H111O11P. The van der Waals surface area contributed by atoms with Gasteiger partial charge in [-0.15, -0.1) is 0 Å². The van der Waals surface area contributed by atoms with Crippen LogP contribution in [-0.4, -0.2) is 66.5 Å². The Morgan fingerprint density at radius 3 is 1.12 bits per heavy atom. The molecule has 430 valence electrons. The molecule has 0 aliphatic heterocycles. The Hall–Kier alpha value is -2.82. The fourth-order valence-corrected chi connectivity index (χ4v) is 9.13. The molecule has 2 N–H and O–H groups in total. The van der Waals surface area contributed by atoms with E-state index in [-0.39, 0.29) is 25.9 Å². The van der Waals surface area contributed by atoms with Crippen molar-refractivity contribution in [2.24, 2.45) is 0 Å². The number of aliphatic hydroxyl groups is 1. The molecule has 3 atom stereocenters. The number of rotatable bonds is 56. The van der Waals surface area contributed by atoms with E-state index in [9.17, 15) is 28.9 Å². The van der Waals surface area contributed by atoms with E-state index < -0.39 is 57.8 Å². The first-order chi connectivity index (χ1) is 36.2. The van der Waals surface area contributed by atoms with Gasteiger partial charge in [-0.25, -0.2) is 4.57 Å². The lowest BCUT2D eigenvalue weighted by atomic mass is 10.0. The van der Waals surface area contributed by atoms with Gasteiger partial charge in [-0.3, -0.25) is 23.4 Å². The highest BCUT2D eigenvalue weighted by Gasteiger charge is 2.28. The number of phosphoric acid groups is 1. The van der Waals surface area contributed by atoms with Gasteiger partial charge in [0, 0.05) is 19.3 Å². The maximum Gasteiger partial charge on any atom is 0.472 e. The van der Waals surface area contributed by atoms with Gasteiger partial charge in [0.1, 0.15) is 12.7 Å². The zero-order chi connectivity index (χ0) is 54.1.